The predicted octanol–water partition coefficient (Wildman–Crippen LogP) is 3.27. The van der Waals surface area contributed by atoms with Gasteiger partial charge in [0.05, 0.1) is 0 Å². The van der Waals surface area contributed by atoms with Gasteiger partial charge in [-0.3, -0.25) is 0 Å². The molecule has 0 radical (unpaired) electrons. The Hall–Kier alpha value is -0.770. The molecular weight excluding hydrogens is 252 g/mol. The Morgan fingerprint density at radius 2 is 2.05 bits per heavy atom. The summed E-state index contributed by atoms with van der Waals surface area (Å²) in [5.74, 6) is 0.962. The standard InChI is InChI=1S/C16H32N2O2/c1-7-18(15(19)20-16(4,5)6)14(12(2)3)13-9-8-10-17-11-13/h12-14,17H,7-11H2,1-6H3/t13-,14-/m1/s1. The molecule has 1 saturated heterocycles. The second-order valence-corrected chi connectivity index (χ2v) is 7.11. The Kier molecular flexibility index (Phi) is 6.31. The molecule has 118 valence electrons. The van der Waals surface area contributed by atoms with Crippen molar-refractivity contribution >= 4 is 6.09 Å². The Balaban J connectivity index is 2.82. The first-order valence-electron chi connectivity index (χ1n) is 7.96. The van der Waals surface area contributed by atoms with E-state index in [0.29, 0.717) is 18.4 Å². The molecule has 0 aliphatic carbocycles. The summed E-state index contributed by atoms with van der Waals surface area (Å²) >= 11 is 0. The molecule has 4 nitrogen and oxygen atoms in total. The van der Waals surface area contributed by atoms with Crippen LogP contribution in [0.3, 0.4) is 0 Å². The van der Waals surface area contributed by atoms with E-state index >= 15 is 0 Å². The predicted molar refractivity (Wildman–Crippen MR) is 82.8 cm³/mol. The zero-order valence-electron chi connectivity index (χ0n) is 14.0. The molecule has 1 fully saturated rings. The summed E-state index contributed by atoms with van der Waals surface area (Å²) in [6.07, 6.45) is 2.21. The van der Waals surface area contributed by atoms with Gasteiger partial charge in [-0.15, -0.1) is 0 Å². The number of hydrogen-bond donors (Lipinski definition) is 1. The van der Waals surface area contributed by atoms with Gasteiger partial charge in [0.25, 0.3) is 0 Å². The van der Waals surface area contributed by atoms with Gasteiger partial charge in [-0.05, 0) is 65.5 Å². The molecule has 0 saturated carbocycles. The number of nitrogens with one attached hydrogen (secondary N) is 1. The van der Waals surface area contributed by atoms with Crippen molar-refractivity contribution in [3.05, 3.63) is 0 Å². The maximum Gasteiger partial charge on any atom is 0.410 e. The lowest BCUT2D eigenvalue weighted by Crippen LogP contribution is -2.52. The van der Waals surface area contributed by atoms with Gasteiger partial charge in [0.15, 0.2) is 0 Å². The molecule has 0 aromatic heterocycles. The number of hydrogen-bond acceptors (Lipinski definition) is 3. The van der Waals surface area contributed by atoms with Crippen molar-refractivity contribution in [2.75, 3.05) is 19.6 Å². The van der Waals surface area contributed by atoms with E-state index in [0.717, 1.165) is 13.1 Å². The van der Waals surface area contributed by atoms with E-state index in [2.05, 4.69) is 19.2 Å². The SMILES string of the molecule is CCN(C(=O)OC(C)(C)C)[C@H](C(C)C)[C@@H]1CCCNC1. The second-order valence-electron chi connectivity index (χ2n) is 7.11. The largest absolute Gasteiger partial charge is 0.444 e. The van der Waals surface area contributed by atoms with Crippen molar-refractivity contribution in [1.82, 2.24) is 10.2 Å². The van der Waals surface area contributed by atoms with Gasteiger partial charge in [-0.25, -0.2) is 4.79 Å². The minimum atomic E-state index is -0.434. The molecule has 1 N–H and O–H groups in total. The molecule has 1 aliphatic heterocycles. The van der Waals surface area contributed by atoms with Crippen molar-refractivity contribution in [3.63, 3.8) is 0 Å². The number of ether oxygens (including phenoxy) is 1. The normalized spacial score (nSPS) is 21.6. The number of nitrogens with zero attached hydrogens (tertiary/aromatic N) is 1. The number of piperidine rings is 1. The van der Waals surface area contributed by atoms with Gasteiger partial charge < -0.3 is 15.0 Å². The zero-order chi connectivity index (χ0) is 15.3. The lowest BCUT2D eigenvalue weighted by atomic mass is 9.84. The summed E-state index contributed by atoms with van der Waals surface area (Å²) in [6.45, 7) is 15.0. The summed E-state index contributed by atoms with van der Waals surface area (Å²) in [5, 5.41) is 3.46. The highest BCUT2D eigenvalue weighted by molar-refractivity contribution is 5.68. The fourth-order valence-corrected chi connectivity index (χ4v) is 3.11. The summed E-state index contributed by atoms with van der Waals surface area (Å²) in [5.41, 5.74) is -0.434. The average Bonchev–Trinajstić information content (AvgIpc) is 2.33. The molecule has 20 heavy (non-hydrogen) atoms. The Morgan fingerprint density at radius 1 is 1.40 bits per heavy atom. The molecule has 0 unspecified atom stereocenters. The molecule has 1 aliphatic rings. The Bertz CT molecular complexity index is 304. The van der Waals surface area contributed by atoms with Crippen molar-refractivity contribution < 1.29 is 9.53 Å². The van der Waals surface area contributed by atoms with E-state index < -0.39 is 5.60 Å². The van der Waals surface area contributed by atoms with Crippen LogP contribution in [0, 0.1) is 11.8 Å². The molecule has 0 aromatic carbocycles. The smallest absolute Gasteiger partial charge is 0.410 e. The van der Waals surface area contributed by atoms with Crippen LogP contribution in [0.1, 0.15) is 54.4 Å². The van der Waals surface area contributed by atoms with Crippen LogP contribution in [0.2, 0.25) is 0 Å². The lowest BCUT2D eigenvalue weighted by Gasteiger charge is -2.41. The third-order valence-corrected chi connectivity index (χ3v) is 3.83. The Labute approximate surface area is 124 Å². The van der Waals surface area contributed by atoms with E-state index in [9.17, 15) is 4.79 Å². The highest BCUT2D eigenvalue weighted by Crippen LogP contribution is 2.26. The average molecular weight is 284 g/mol. The summed E-state index contributed by atoms with van der Waals surface area (Å²) < 4.78 is 5.58. The van der Waals surface area contributed by atoms with Crippen molar-refractivity contribution in [2.24, 2.45) is 11.8 Å². The maximum absolute atomic E-state index is 12.5. The first-order valence-corrected chi connectivity index (χ1v) is 7.96. The second kappa shape index (κ2) is 7.30. The molecule has 1 amide bonds. The quantitative estimate of drug-likeness (QED) is 0.861. The molecule has 1 rings (SSSR count). The minimum Gasteiger partial charge on any atom is -0.444 e. The third-order valence-electron chi connectivity index (χ3n) is 3.83. The van der Waals surface area contributed by atoms with Gasteiger partial charge >= 0.3 is 6.09 Å². The number of carbonyl (C=O) groups is 1. The van der Waals surface area contributed by atoms with Crippen LogP contribution in [-0.4, -0.2) is 42.3 Å². The first kappa shape index (κ1) is 17.3. The van der Waals surface area contributed by atoms with Gasteiger partial charge in [0.1, 0.15) is 5.60 Å². The van der Waals surface area contributed by atoms with Crippen LogP contribution >= 0.6 is 0 Å². The van der Waals surface area contributed by atoms with E-state index in [1.807, 2.05) is 32.6 Å². The lowest BCUT2D eigenvalue weighted by molar-refractivity contribution is 0.00179. The van der Waals surface area contributed by atoms with Crippen molar-refractivity contribution in [3.8, 4) is 0 Å². The molecule has 0 spiro atoms. The maximum atomic E-state index is 12.5. The minimum absolute atomic E-state index is 0.177. The van der Waals surface area contributed by atoms with Crippen LogP contribution in [0.4, 0.5) is 4.79 Å². The highest BCUT2D eigenvalue weighted by atomic mass is 16.6. The van der Waals surface area contributed by atoms with Crippen LogP contribution in [0.15, 0.2) is 0 Å². The molecular formula is C16H32N2O2. The summed E-state index contributed by atoms with van der Waals surface area (Å²) in [4.78, 5) is 14.4. The summed E-state index contributed by atoms with van der Waals surface area (Å²) in [6, 6.07) is 0.252. The van der Waals surface area contributed by atoms with Crippen LogP contribution in [-0.2, 0) is 4.74 Å². The molecule has 1 heterocycles. The molecule has 0 bridgehead atoms. The number of rotatable bonds is 4. The summed E-state index contributed by atoms with van der Waals surface area (Å²) in [7, 11) is 0. The highest BCUT2D eigenvalue weighted by Gasteiger charge is 2.35. The van der Waals surface area contributed by atoms with Gasteiger partial charge in [-0.1, -0.05) is 13.8 Å². The number of amides is 1. The van der Waals surface area contributed by atoms with Crippen LogP contribution in [0.5, 0.6) is 0 Å². The fourth-order valence-electron chi connectivity index (χ4n) is 3.11. The third kappa shape index (κ3) is 4.97. The van der Waals surface area contributed by atoms with E-state index in [-0.39, 0.29) is 12.1 Å². The number of carbonyl (C=O) groups excluding carboxylic acids is 1. The molecule has 0 aromatic rings. The topological polar surface area (TPSA) is 41.6 Å². The molecule has 2 atom stereocenters. The molecule has 4 heteroatoms. The van der Waals surface area contributed by atoms with Crippen LogP contribution < -0.4 is 5.32 Å². The van der Waals surface area contributed by atoms with E-state index in [1.54, 1.807) is 0 Å². The Morgan fingerprint density at radius 3 is 2.45 bits per heavy atom. The van der Waals surface area contributed by atoms with Gasteiger partial charge in [-0.2, -0.15) is 0 Å². The van der Waals surface area contributed by atoms with Gasteiger partial charge in [0.2, 0.25) is 0 Å². The van der Waals surface area contributed by atoms with E-state index in [1.165, 1.54) is 12.8 Å². The van der Waals surface area contributed by atoms with E-state index in [4.69, 9.17) is 4.74 Å². The van der Waals surface area contributed by atoms with Crippen molar-refractivity contribution in [1.29, 1.82) is 0 Å². The van der Waals surface area contributed by atoms with Gasteiger partial charge in [0, 0.05) is 12.6 Å². The fraction of sp³-hybridized carbons (Fsp3) is 0.938. The van der Waals surface area contributed by atoms with Crippen molar-refractivity contribution in [2.45, 2.75) is 66.0 Å². The first-order chi connectivity index (χ1) is 9.26. The monoisotopic (exact) mass is 284 g/mol. The van der Waals surface area contributed by atoms with Crippen LogP contribution in [0.25, 0.3) is 0 Å². The zero-order valence-corrected chi connectivity index (χ0v) is 14.0.